The third-order valence-corrected chi connectivity index (χ3v) is 8.11. The molecule has 36 heavy (non-hydrogen) atoms. The molecule has 1 atom stereocenters. The molecule has 4 aromatic carbocycles. The van der Waals surface area contributed by atoms with Crippen molar-refractivity contribution in [1.82, 2.24) is 4.90 Å². The highest BCUT2D eigenvalue weighted by molar-refractivity contribution is 8.14. The SMILES string of the molecule is CC(=O)SC1CCN(C(c2ccccc2)(c2ccccc2)c2ccccc2)CC1=Cc1ccccc1. The number of rotatable bonds is 6. The van der Waals surface area contributed by atoms with E-state index in [0.717, 1.165) is 19.5 Å². The van der Waals surface area contributed by atoms with E-state index in [1.165, 1.54) is 39.6 Å². The molecule has 0 aliphatic carbocycles. The van der Waals surface area contributed by atoms with Gasteiger partial charge >= 0.3 is 0 Å². The van der Waals surface area contributed by atoms with Gasteiger partial charge in [0.15, 0.2) is 5.12 Å². The minimum atomic E-state index is -0.453. The average Bonchev–Trinajstić information content (AvgIpc) is 2.93. The van der Waals surface area contributed by atoms with Crippen molar-refractivity contribution in [2.24, 2.45) is 0 Å². The zero-order valence-electron chi connectivity index (χ0n) is 20.6. The molecule has 0 radical (unpaired) electrons. The van der Waals surface area contributed by atoms with Gasteiger partial charge in [-0.25, -0.2) is 0 Å². The zero-order valence-corrected chi connectivity index (χ0v) is 21.4. The number of carbonyl (C=O) groups excluding carboxylic acids is 1. The van der Waals surface area contributed by atoms with Crippen LogP contribution in [0.1, 0.15) is 35.6 Å². The fraction of sp³-hybridized carbons (Fsp3) is 0.182. The van der Waals surface area contributed by atoms with E-state index in [0.29, 0.717) is 0 Å². The first-order valence-corrected chi connectivity index (χ1v) is 13.4. The first-order chi connectivity index (χ1) is 17.7. The van der Waals surface area contributed by atoms with E-state index in [4.69, 9.17) is 0 Å². The Kier molecular flexibility index (Phi) is 7.50. The number of hydrogen-bond donors (Lipinski definition) is 0. The van der Waals surface area contributed by atoms with Crippen LogP contribution in [0.15, 0.2) is 127 Å². The fourth-order valence-corrected chi connectivity index (χ4v) is 6.39. The molecular weight excluding hydrogens is 458 g/mol. The molecule has 1 heterocycles. The largest absolute Gasteiger partial charge is 0.288 e. The molecule has 1 aliphatic rings. The molecule has 1 aliphatic heterocycles. The lowest BCUT2D eigenvalue weighted by Gasteiger charge is -2.49. The van der Waals surface area contributed by atoms with Gasteiger partial charge in [-0.15, -0.1) is 0 Å². The fourth-order valence-electron chi connectivity index (χ4n) is 5.47. The lowest BCUT2D eigenvalue weighted by atomic mass is 9.74. The average molecular weight is 490 g/mol. The Balaban J connectivity index is 1.69. The van der Waals surface area contributed by atoms with Gasteiger partial charge in [-0.2, -0.15) is 0 Å². The van der Waals surface area contributed by atoms with Gasteiger partial charge < -0.3 is 0 Å². The van der Waals surface area contributed by atoms with Crippen molar-refractivity contribution in [3.63, 3.8) is 0 Å². The Morgan fingerprint density at radius 1 is 0.750 bits per heavy atom. The van der Waals surface area contributed by atoms with E-state index in [-0.39, 0.29) is 10.4 Å². The van der Waals surface area contributed by atoms with Crippen LogP contribution in [0.4, 0.5) is 0 Å². The summed E-state index contributed by atoms with van der Waals surface area (Å²) in [5.74, 6) is 0. The predicted octanol–water partition coefficient (Wildman–Crippen LogP) is 7.42. The molecule has 1 unspecified atom stereocenters. The molecule has 1 fully saturated rings. The standard InChI is InChI=1S/C33H31NOS/c1-26(35)36-32-22-23-34(25-28(32)24-27-14-6-2-7-15-27)33(29-16-8-3-9-17-29,30-18-10-4-11-19-30)31-20-12-5-13-21-31/h2-21,24,32H,22-23,25H2,1H3. The summed E-state index contributed by atoms with van der Waals surface area (Å²) in [6.45, 7) is 3.34. The summed E-state index contributed by atoms with van der Waals surface area (Å²) < 4.78 is 0. The monoisotopic (exact) mass is 489 g/mol. The maximum absolute atomic E-state index is 12.2. The van der Waals surface area contributed by atoms with E-state index < -0.39 is 5.54 Å². The Morgan fingerprint density at radius 2 is 1.19 bits per heavy atom. The molecule has 0 N–H and O–H groups in total. The van der Waals surface area contributed by atoms with Crippen molar-refractivity contribution < 1.29 is 4.79 Å². The second-order valence-corrected chi connectivity index (χ2v) is 10.6. The Morgan fingerprint density at radius 3 is 1.64 bits per heavy atom. The Bertz CT molecular complexity index is 1210. The Labute approximate surface area is 218 Å². The van der Waals surface area contributed by atoms with Gasteiger partial charge in [0.2, 0.25) is 0 Å². The van der Waals surface area contributed by atoms with Crippen LogP contribution in [0.2, 0.25) is 0 Å². The topological polar surface area (TPSA) is 20.3 Å². The molecule has 5 rings (SSSR count). The van der Waals surface area contributed by atoms with E-state index >= 15 is 0 Å². The number of benzene rings is 4. The highest BCUT2D eigenvalue weighted by Gasteiger charge is 2.44. The molecule has 180 valence electrons. The minimum absolute atomic E-state index is 0.174. The second-order valence-electron chi connectivity index (χ2n) is 9.25. The molecule has 3 heteroatoms. The molecular formula is C33H31NOS. The van der Waals surface area contributed by atoms with Crippen LogP contribution in [-0.4, -0.2) is 28.4 Å². The van der Waals surface area contributed by atoms with Crippen molar-refractivity contribution in [2.75, 3.05) is 13.1 Å². The molecule has 1 saturated heterocycles. The number of carbonyl (C=O) groups is 1. The van der Waals surface area contributed by atoms with Crippen LogP contribution in [0.3, 0.4) is 0 Å². The molecule has 0 spiro atoms. The van der Waals surface area contributed by atoms with Crippen molar-refractivity contribution in [3.05, 3.63) is 149 Å². The van der Waals surface area contributed by atoms with Crippen LogP contribution in [0, 0.1) is 0 Å². The van der Waals surface area contributed by atoms with E-state index in [2.05, 4.69) is 126 Å². The van der Waals surface area contributed by atoms with Crippen LogP contribution < -0.4 is 0 Å². The maximum Gasteiger partial charge on any atom is 0.186 e. The first kappa shape index (κ1) is 24.3. The summed E-state index contributed by atoms with van der Waals surface area (Å²) in [4.78, 5) is 14.8. The van der Waals surface area contributed by atoms with Gasteiger partial charge in [0.1, 0.15) is 0 Å². The first-order valence-electron chi connectivity index (χ1n) is 12.5. The molecule has 2 nitrogen and oxygen atoms in total. The van der Waals surface area contributed by atoms with Crippen LogP contribution in [0.25, 0.3) is 6.08 Å². The highest BCUT2D eigenvalue weighted by Crippen LogP contribution is 2.45. The van der Waals surface area contributed by atoms with Crippen LogP contribution >= 0.6 is 11.8 Å². The third kappa shape index (κ3) is 4.95. The van der Waals surface area contributed by atoms with Crippen LogP contribution in [-0.2, 0) is 10.3 Å². The molecule has 0 saturated carbocycles. The number of hydrogen-bond acceptors (Lipinski definition) is 3. The van der Waals surface area contributed by atoms with Gasteiger partial charge in [-0.1, -0.05) is 139 Å². The Hall–Kier alpha value is -3.40. The summed E-state index contributed by atoms with van der Waals surface area (Å²) in [5, 5.41) is 0.354. The van der Waals surface area contributed by atoms with Gasteiger partial charge in [0.05, 0.1) is 5.54 Å². The van der Waals surface area contributed by atoms with E-state index in [1.54, 1.807) is 6.92 Å². The number of likely N-dealkylation sites (tertiary alicyclic amines) is 1. The summed E-state index contributed by atoms with van der Waals surface area (Å²) >= 11 is 1.47. The molecule has 4 aromatic rings. The smallest absolute Gasteiger partial charge is 0.186 e. The summed E-state index contributed by atoms with van der Waals surface area (Å²) in [5.41, 5.74) is 5.76. The third-order valence-electron chi connectivity index (χ3n) is 6.96. The van der Waals surface area contributed by atoms with Gasteiger partial charge in [0.25, 0.3) is 0 Å². The summed E-state index contributed by atoms with van der Waals surface area (Å²) in [7, 11) is 0. The molecule has 0 amide bonds. The second kappa shape index (κ2) is 11.1. The van der Waals surface area contributed by atoms with Crippen LogP contribution in [0.5, 0.6) is 0 Å². The number of piperidine rings is 1. The normalized spacial score (nSPS) is 17.7. The number of nitrogens with zero attached hydrogens (tertiary/aromatic N) is 1. The van der Waals surface area contributed by atoms with Gasteiger partial charge in [-0.3, -0.25) is 9.69 Å². The van der Waals surface area contributed by atoms with E-state index in [1.807, 2.05) is 6.07 Å². The van der Waals surface area contributed by atoms with Crippen molar-refractivity contribution in [2.45, 2.75) is 24.1 Å². The maximum atomic E-state index is 12.2. The summed E-state index contributed by atoms with van der Waals surface area (Å²) in [6.07, 6.45) is 3.20. The van der Waals surface area contributed by atoms with Gasteiger partial charge in [-0.05, 0) is 34.2 Å². The van der Waals surface area contributed by atoms with Crippen molar-refractivity contribution in [3.8, 4) is 0 Å². The van der Waals surface area contributed by atoms with Crippen molar-refractivity contribution in [1.29, 1.82) is 0 Å². The van der Waals surface area contributed by atoms with Gasteiger partial charge in [0, 0.05) is 25.3 Å². The minimum Gasteiger partial charge on any atom is -0.288 e. The predicted molar refractivity (Wildman–Crippen MR) is 152 cm³/mol. The summed E-state index contributed by atoms with van der Waals surface area (Å²) in [6, 6.07) is 43.0. The quantitative estimate of drug-likeness (QED) is 0.263. The lowest BCUT2D eigenvalue weighted by Crippen LogP contribution is -2.52. The highest BCUT2D eigenvalue weighted by atomic mass is 32.2. The van der Waals surface area contributed by atoms with E-state index in [9.17, 15) is 4.79 Å². The zero-order chi connectivity index (χ0) is 24.8. The number of thioether (sulfide) groups is 1. The molecule has 0 aromatic heterocycles. The van der Waals surface area contributed by atoms with Crippen molar-refractivity contribution >= 4 is 23.0 Å². The lowest BCUT2D eigenvalue weighted by molar-refractivity contribution is -0.109. The molecule has 0 bridgehead atoms.